The van der Waals surface area contributed by atoms with E-state index in [4.69, 9.17) is 4.74 Å². The predicted molar refractivity (Wildman–Crippen MR) is 136 cm³/mol. The van der Waals surface area contributed by atoms with Crippen LogP contribution in [0.15, 0.2) is 78.1 Å². The van der Waals surface area contributed by atoms with E-state index in [1.54, 1.807) is 35.2 Å². The third kappa shape index (κ3) is 4.90. The Morgan fingerprint density at radius 2 is 1.86 bits per heavy atom. The van der Waals surface area contributed by atoms with Gasteiger partial charge in [0.2, 0.25) is 0 Å². The smallest absolute Gasteiger partial charge is 0.410 e. The summed E-state index contributed by atoms with van der Waals surface area (Å²) < 4.78 is 33.1. The summed E-state index contributed by atoms with van der Waals surface area (Å²) >= 11 is 0. The minimum atomic E-state index is -3.81. The zero-order valence-corrected chi connectivity index (χ0v) is 20.7. The van der Waals surface area contributed by atoms with E-state index in [0.717, 1.165) is 24.0 Å². The Labute approximate surface area is 209 Å². The van der Waals surface area contributed by atoms with Crippen LogP contribution >= 0.6 is 0 Å². The van der Waals surface area contributed by atoms with Crippen molar-refractivity contribution >= 4 is 33.0 Å². The lowest BCUT2D eigenvalue weighted by atomic mass is 10.1. The maximum atomic E-state index is 13.2. The number of benzene rings is 2. The topological polar surface area (TPSA) is 106 Å². The number of carbonyl (C=O) groups is 1. The largest absolute Gasteiger partial charge is 0.445 e. The number of likely N-dealkylation sites (tertiary alicyclic amines) is 1. The highest BCUT2D eigenvalue weighted by atomic mass is 32.2. The molecule has 36 heavy (non-hydrogen) atoms. The molecule has 10 heteroatoms. The number of nitrogens with zero attached hydrogens (tertiary/aromatic N) is 4. The summed E-state index contributed by atoms with van der Waals surface area (Å²) in [5, 5.41) is 3.98. The average molecular weight is 506 g/mol. The monoisotopic (exact) mass is 505 g/mol. The standard InChI is InChI=1S/C26H27N5O4S/c1-19-9-11-22(12-10-19)36(33,34)31-15-13-23-24(27-18-28-25(23)31)29-21-8-5-14-30(16-21)26(32)35-17-20-6-3-2-4-7-20/h2-4,6-7,9-13,15,18,21H,5,8,14,16-17H2,1H3,(H,27,28,29)/t21-/m1/s1. The van der Waals surface area contributed by atoms with Crippen molar-refractivity contribution < 1.29 is 17.9 Å². The van der Waals surface area contributed by atoms with Crippen molar-refractivity contribution in [3.63, 3.8) is 0 Å². The molecule has 0 aliphatic carbocycles. The van der Waals surface area contributed by atoms with Crippen molar-refractivity contribution in [2.75, 3.05) is 18.4 Å². The van der Waals surface area contributed by atoms with Gasteiger partial charge in [-0.1, -0.05) is 48.0 Å². The number of anilines is 1. The van der Waals surface area contributed by atoms with Crippen LogP contribution in [0, 0.1) is 6.92 Å². The molecule has 5 rings (SSSR count). The summed E-state index contributed by atoms with van der Waals surface area (Å²) in [7, 11) is -3.81. The van der Waals surface area contributed by atoms with E-state index < -0.39 is 10.0 Å². The zero-order chi connectivity index (χ0) is 25.1. The highest BCUT2D eigenvalue weighted by molar-refractivity contribution is 7.90. The molecule has 1 saturated heterocycles. The van der Waals surface area contributed by atoms with Gasteiger partial charge < -0.3 is 15.0 Å². The molecule has 0 saturated carbocycles. The maximum Gasteiger partial charge on any atom is 0.410 e. The van der Waals surface area contributed by atoms with Gasteiger partial charge in [0.25, 0.3) is 10.0 Å². The van der Waals surface area contributed by atoms with Crippen molar-refractivity contribution in [2.45, 2.75) is 37.3 Å². The first-order valence-electron chi connectivity index (χ1n) is 11.8. The molecule has 0 bridgehead atoms. The Morgan fingerprint density at radius 1 is 1.08 bits per heavy atom. The van der Waals surface area contributed by atoms with Crippen LogP contribution in [-0.2, 0) is 21.4 Å². The number of aryl methyl sites for hydroxylation is 1. The van der Waals surface area contributed by atoms with Gasteiger partial charge in [-0.05, 0) is 43.5 Å². The van der Waals surface area contributed by atoms with Crippen LogP contribution in [0.5, 0.6) is 0 Å². The van der Waals surface area contributed by atoms with Gasteiger partial charge in [0.1, 0.15) is 18.8 Å². The number of hydrogen-bond donors (Lipinski definition) is 1. The number of nitrogens with one attached hydrogen (secondary N) is 1. The highest BCUT2D eigenvalue weighted by Crippen LogP contribution is 2.26. The van der Waals surface area contributed by atoms with Gasteiger partial charge in [0.05, 0.1) is 10.3 Å². The Hall–Kier alpha value is -3.92. The van der Waals surface area contributed by atoms with Gasteiger partial charge in [-0.15, -0.1) is 0 Å². The van der Waals surface area contributed by atoms with Gasteiger partial charge in [-0.3, -0.25) is 0 Å². The van der Waals surface area contributed by atoms with E-state index in [9.17, 15) is 13.2 Å². The number of aromatic nitrogens is 3. The number of carbonyl (C=O) groups excluding carboxylic acids is 1. The second-order valence-electron chi connectivity index (χ2n) is 8.86. The van der Waals surface area contributed by atoms with Gasteiger partial charge in [-0.25, -0.2) is 27.2 Å². The fourth-order valence-corrected chi connectivity index (χ4v) is 5.63. The van der Waals surface area contributed by atoms with Crippen LogP contribution in [0.25, 0.3) is 11.0 Å². The normalized spacial score (nSPS) is 16.1. The van der Waals surface area contributed by atoms with Gasteiger partial charge in [-0.2, -0.15) is 0 Å². The van der Waals surface area contributed by atoms with Crippen molar-refractivity contribution in [3.05, 3.63) is 84.3 Å². The van der Waals surface area contributed by atoms with Crippen molar-refractivity contribution in [2.24, 2.45) is 0 Å². The van der Waals surface area contributed by atoms with E-state index in [2.05, 4.69) is 15.3 Å². The van der Waals surface area contributed by atoms with Crippen LogP contribution in [0.2, 0.25) is 0 Å². The molecule has 4 aromatic rings. The quantitative estimate of drug-likeness (QED) is 0.419. The summed E-state index contributed by atoms with van der Waals surface area (Å²) in [6.07, 6.45) is 4.15. The number of fused-ring (bicyclic) bond motifs is 1. The van der Waals surface area contributed by atoms with E-state index in [1.807, 2.05) is 37.3 Å². The molecular formula is C26H27N5O4S. The second-order valence-corrected chi connectivity index (χ2v) is 10.7. The molecular weight excluding hydrogens is 478 g/mol. The molecule has 1 atom stereocenters. The summed E-state index contributed by atoms with van der Waals surface area (Å²) in [6.45, 7) is 3.21. The Bertz CT molecular complexity index is 1470. The van der Waals surface area contributed by atoms with Gasteiger partial charge in [0, 0.05) is 25.3 Å². The molecule has 1 aliphatic rings. The molecule has 1 N–H and O–H groups in total. The van der Waals surface area contributed by atoms with E-state index in [0.29, 0.717) is 29.9 Å². The Balaban J connectivity index is 1.30. The van der Waals surface area contributed by atoms with Crippen molar-refractivity contribution in [3.8, 4) is 0 Å². The number of ether oxygens (including phenoxy) is 1. The van der Waals surface area contributed by atoms with Crippen LogP contribution in [-0.4, -0.2) is 52.5 Å². The molecule has 9 nitrogen and oxygen atoms in total. The van der Waals surface area contributed by atoms with E-state index >= 15 is 0 Å². The average Bonchev–Trinajstić information content (AvgIpc) is 3.35. The lowest BCUT2D eigenvalue weighted by Gasteiger charge is -2.32. The maximum absolute atomic E-state index is 13.2. The third-order valence-electron chi connectivity index (χ3n) is 6.25. The molecule has 186 valence electrons. The molecule has 1 aliphatic heterocycles. The number of amides is 1. The number of piperidine rings is 1. The fourth-order valence-electron chi connectivity index (χ4n) is 4.33. The molecule has 0 unspecified atom stereocenters. The highest BCUT2D eigenvalue weighted by Gasteiger charge is 2.26. The Kier molecular flexibility index (Phi) is 6.60. The second kappa shape index (κ2) is 9.98. The van der Waals surface area contributed by atoms with Crippen LogP contribution < -0.4 is 5.32 Å². The molecule has 2 aromatic carbocycles. The van der Waals surface area contributed by atoms with Crippen molar-refractivity contribution in [1.82, 2.24) is 18.8 Å². The zero-order valence-electron chi connectivity index (χ0n) is 19.9. The fraction of sp³-hybridized carbons (Fsp3) is 0.269. The third-order valence-corrected chi connectivity index (χ3v) is 7.93. The molecule has 0 spiro atoms. The molecule has 0 radical (unpaired) electrons. The predicted octanol–water partition coefficient (Wildman–Crippen LogP) is 4.19. The summed E-state index contributed by atoms with van der Waals surface area (Å²) in [4.78, 5) is 23.1. The molecule has 2 aromatic heterocycles. The SMILES string of the molecule is Cc1ccc(S(=O)(=O)n2ccc3c(N[C@@H]4CCCN(C(=O)OCc5ccccc5)C4)ncnc32)cc1. The number of hydrogen-bond acceptors (Lipinski definition) is 7. The Morgan fingerprint density at radius 3 is 2.64 bits per heavy atom. The summed E-state index contributed by atoms with van der Waals surface area (Å²) in [6, 6.07) is 17.9. The lowest BCUT2D eigenvalue weighted by molar-refractivity contribution is 0.0874. The van der Waals surface area contributed by atoms with Gasteiger partial charge in [0.15, 0.2) is 5.65 Å². The molecule has 1 fully saturated rings. The first kappa shape index (κ1) is 23.8. The first-order valence-corrected chi connectivity index (χ1v) is 13.2. The molecule has 3 heterocycles. The minimum absolute atomic E-state index is 0.0572. The first-order chi connectivity index (χ1) is 17.4. The molecule has 1 amide bonds. The minimum Gasteiger partial charge on any atom is -0.445 e. The van der Waals surface area contributed by atoms with E-state index in [-0.39, 0.29) is 23.6 Å². The lowest BCUT2D eigenvalue weighted by Crippen LogP contribution is -2.45. The van der Waals surface area contributed by atoms with Crippen LogP contribution in [0.4, 0.5) is 10.6 Å². The van der Waals surface area contributed by atoms with E-state index in [1.165, 1.54) is 16.5 Å². The number of rotatable bonds is 6. The summed E-state index contributed by atoms with van der Waals surface area (Å²) in [5.41, 5.74) is 2.21. The van der Waals surface area contributed by atoms with Crippen LogP contribution in [0.1, 0.15) is 24.0 Å². The van der Waals surface area contributed by atoms with Gasteiger partial charge >= 0.3 is 6.09 Å². The van der Waals surface area contributed by atoms with Crippen molar-refractivity contribution in [1.29, 1.82) is 0 Å². The summed E-state index contributed by atoms with van der Waals surface area (Å²) in [5.74, 6) is 0.530. The van der Waals surface area contributed by atoms with Crippen LogP contribution in [0.3, 0.4) is 0 Å².